The van der Waals surface area contributed by atoms with Gasteiger partial charge in [0, 0.05) is 144 Å². The van der Waals surface area contributed by atoms with Gasteiger partial charge in [0.1, 0.15) is 0 Å². The Morgan fingerprint density at radius 1 is 0.165 bits per heavy atom. The lowest BCUT2D eigenvalue weighted by molar-refractivity contribution is 1.40. The Morgan fingerprint density at radius 2 is 0.452 bits per heavy atom. The molecule has 9 heterocycles. The van der Waals surface area contributed by atoms with Crippen molar-refractivity contribution in [1.82, 2.24) is 29.9 Å². The number of para-hydroxylation sites is 3. The highest BCUT2D eigenvalue weighted by atomic mass is 32.1. The average molecular weight is 1520 g/mol. The van der Waals surface area contributed by atoms with Crippen LogP contribution in [0.5, 0.6) is 0 Å². The molecule has 0 N–H and O–H groups in total. The van der Waals surface area contributed by atoms with E-state index in [1.807, 2.05) is 70.8 Å². The summed E-state index contributed by atoms with van der Waals surface area (Å²) < 4.78 is 7.98. The summed E-state index contributed by atoms with van der Waals surface area (Å²) in [6.07, 6.45) is 5.55. The number of hydrogen-bond donors (Lipinski definition) is 0. The Kier molecular flexibility index (Phi) is 15.8. The van der Waals surface area contributed by atoms with E-state index in [9.17, 15) is 0 Å². The van der Waals surface area contributed by atoms with Crippen LogP contribution in [-0.2, 0) is 0 Å². The lowest BCUT2D eigenvalue weighted by Crippen LogP contribution is -1.93. The van der Waals surface area contributed by atoms with Crippen LogP contribution >= 0.6 is 34.0 Å². The van der Waals surface area contributed by atoms with Gasteiger partial charge in [-0.25, -0.2) is 15.0 Å². The predicted molar refractivity (Wildman–Crippen MR) is 492 cm³/mol. The van der Waals surface area contributed by atoms with Crippen LogP contribution in [0, 0.1) is 0 Å². The van der Waals surface area contributed by atoms with E-state index in [-0.39, 0.29) is 0 Å². The minimum Gasteiger partial charge on any atom is -0.254 e. The molecule has 16 aromatic carbocycles. The van der Waals surface area contributed by atoms with Crippen LogP contribution in [0.1, 0.15) is 0 Å². The maximum Gasteiger partial charge on any atom is 0.0978 e. The first-order chi connectivity index (χ1) is 57.0. The predicted octanol–water partition coefficient (Wildman–Crippen LogP) is 30.1. The summed E-state index contributed by atoms with van der Waals surface area (Å²) in [6.45, 7) is 0. The van der Waals surface area contributed by atoms with Gasteiger partial charge in [0.05, 0.1) is 49.7 Å². The second-order valence-corrected chi connectivity index (χ2v) is 32.7. The summed E-state index contributed by atoms with van der Waals surface area (Å²) in [5.74, 6) is 0. The first-order valence-electron chi connectivity index (χ1n) is 38.7. The number of thiophene rings is 3. The fourth-order valence-electron chi connectivity index (χ4n) is 17.5. The number of fused-ring (bicyclic) bond motifs is 22. The van der Waals surface area contributed by atoms with Gasteiger partial charge < -0.3 is 0 Å². The van der Waals surface area contributed by atoms with Crippen LogP contribution in [0.25, 0.3) is 236 Å². The van der Waals surface area contributed by atoms with Gasteiger partial charge in [-0.15, -0.1) is 34.0 Å². The molecule has 25 aromatic rings. The third-order valence-electron chi connectivity index (χ3n) is 22.9. The molecule has 0 fully saturated rings. The quantitative estimate of drug-likeness (QED) is 0.122. The van der Waals surface area contributed by atoms with Gasteiger partial charge in [-0.2, -0.15) is 0 Å². The summed E-state index contributed by atoms with van der Waals surface area (Å²) in [5, 5.41) is 20.6. The largest absolute Gasteiger partial charge is 0.254 e. The van der Waals surface area contributed by atoms with Crippen LogP contribution in [0.15, 0.2) is 377 Å². The highest BCUT2D eigenvalue weighted by Gasteiger charge is 2.21. The zero-order valence-corrected chi connectivity index (χ0v) is 64.2. The third kappa shape index (κ3) is 11.3. The van der Waals surface area contributed by atoms with Crippen molar-refractivity contribution >= 4 is 203 Å². The zero-order valence-electron chi connectivity index (χ0n) is 61.7. The molecule has 0 saturated carbocycles. The Hall–Kier alpha value is -14.3. The number of pyridine rings is 6. The molecule has 0 spiro atoms. The van der Waals surface area contributed by atoms with E-state index < -0.39 is 0 Å². The van der Waals surface area contributed by atoms with Crippen LogP contribution in [0.4, 0.5) is 0 Å². The number of benzene rings is 16. The maximum absolute atomic E-state index is 5.12. The van der Waals surface area contributed by atoms with E-state index >= 15 is 0 Å². The molecule has 0 atom stereocenters. The molecular weight excluding hydrogens is 1450 g/mol. The van der Waals surface area contributed by atoms with Gasteiger partial charge in [-0.1, -0.05) is 285 Å². The van der Waals surface area contributed by atoms with E-state index in [0.717, 1.165) is 98.1 Å². The van der Waals surface area contributed by atoms with Gasteiger partial charge in [0.2, 0.25) is 0 Å². The molecule has 534 valence electrons. The zero-order chi connectivity index (χ0) is 75.6. The summed E-state index contributed by atoms with van der Waals surface area (Å²) in [7, 11) is 0. The van der Waals surface area contributed by atoms with Crippen LogP contribution < -0.4 is 0 Å². The van der Waals surface area contributed by atoms with Crippen molar-refractivity contribution < 1.29 is 0 Å². The van der Waals surface area contributed by atoms with Crippen molar-refractivity contribution in [2.75, 3.05) is 0 Å². The normalized spacial score (nSPS) is 11.8. The van der Waals surface area contributed by atoms with Gasteiger partial charge in [-0.05, 0) is 134 Å². The highest BCUT2D eigenvalue weighted by Crippen LogP contribution is 2.47. The number of aromatic nitrogens is 6. The SMILES string of the molecule is c1cnc2c(c1)ccc1c(-c3ccc(-c4ccc5c(c4)sc4ccccc45)c4ccccc34)c3ccccc3nc12.c1cnc2c(c1)ccc1c(-c3ccc(-c4ccc5c(c4)sc4ccccc45)cc3)c3ccccc3nc12.c1cnc2c(c1)ccc1c(-c3ccc(-c4ccc5c(c4)sc4ccccc45)cc3)c3ccccc3nc12. The molecular formula is C106H62N6S3. The molecule has 6 nitrogen and oxygen atoms in total. The Labute approximate surface area is 671 Å². The van der Waals surface area contributed by atoms with E-state index in [4.69, 9.17) is 19.9 Å². The van der Waals surface area contributed by atoms with Crippen LogP contribution in [-0.4, -0.2) is 29.9 Å². The fraction of sp³-hybridized carbons (Fsp3) is 0. The molecule has 9 aromatic heterocycles. The molecule has 0 amide bonds. The minimum absolute atomic E-state index is 0.939. The third-order valence-corrected chi connectivity index (χ3v) is 26.3. The van der Waals surface area contributed by atoms with E-state index in [1.165, 1.54) is 138 Å². The summed E-state index contributed by atoms with van der Waals surface area (Å²) in [5.41, 5.74) is 23.3. The van der Waals surface area contributed by atoms with Gasteiger partial charge in [-0.3, -0.25) is 15.0 Å². The van der Waals surface area contributed by atoms with Crippen LogP contribution in [0.3, 0.4) is 0 Å². The van der Waals surface area contributed by atoms with Crippen molar-refractivity contribution in [3.63, 3.8) is 0 Å². The van der Waals surface area contributed by atoms with Crippen molar-refractivity contribution in [2.24, 2.45) is 0 Å². The lowest BCUT2D eigenvalue weighted by Gasteiger charge is -2.16. The highest BCUT2D eigenvalue weighted by molar-refractivity contribution is 7.26. The summed E-state index contributed by atoms with van der Waals surface area (Å²) in [4.78, 5) is 29.3. The molecule has 25 rings (SSSR count). The Morgan fingerprint density at radius 3 is 0.861 bits per heavy atom. The molecule has 0 aliphatic heterocycles. The molecule has 0 bridgehead atoms. The first kappa shape index (κ1) is 66.5. The van der Waals surface area contributed by atoms with E-state index in [0.29, 0.717) is 0 Å². The topological polar surface area (TPSA) is 77.3 Å². The smallest absolute Gasteiger partial charge is 0.0978 e. The molecule has 115 heavy (non-hydrogen) atoms. The van der Waals surface area contributed by atoms with Gasteiger partial charge in [0.15, 0.2) is 0 Å². The van der Waals surface area contributed by atoms with Gasteiger partial charge >= 0.3 is 0 Å². The average Bonchev–Trinajstić information content (AvgIpc) is 1.56. The molecule has 0 aliphatic carbocycles. The second-order valence-electron chi connectivity index (χ2n) is 29.4. The maximum atomic E-state index is 5.12. The van der Waals surface area contributed by atoms with Crippen molar-refractivity contribution in [1.29, 1.82) is 0 Å². The molecule has 9 heteroatoms. The monoisotopic (exact) mass is 1510 g/mol. The fourth-order valence-corrected chi connectivity index (χ4v) is 21.0. The molecule has 0 saturated heterocycles. The van der Waals surface area contributed by atoms with Crippen molar-refractivity contribution in [3.8, 4) is 66.8 Å². The van der Waals surface area contributed by atoms with Crippen molar-refractivity contribution in [2.45, 2.75) is 0 Å². The number of nitrogens with zero attached hydrogens (tertiary/aromatic N) is 6. The second kappa shape index (κ2) is 27.3. The summed E-state index contributed by atoms with van der Waals surface area (Å²) >= 11 is 5.59. The number of hydrogen-bond acceptors (Lipinski definition) is 9. The lowest BCUT2D eigenvalue weighted by atomic mass is 9.88. The van der Waals surface area contributed by atoms with Gasteiger partial charge in [0.25, 0.3) is 0 Å². The minimum atomic E-state index is 0.939. The molecule has 0 unspecified atom stereocenters. The van der Waals surface area contributed by atoms with Crippen molar-refractivity contribution in [3.05, 3.63) is 377 Å². The van der Waals surface area contributed by atoms with E-state index in [1.54, 1.807) is 0 Å². The summed E-state index contributed by atoms with van der Waals surface area (Å²) in [6, 6.07) is 128. The Balaban J connectivity index is 0.000000102. The number of rotatable bonds is 6. The van der Waals surface area contributed by atoms with E-state index in [2.05, 4.69) is 350 Å². The Bertz CT molecular complexity index is 8000. The standard InChI is InChI=1S/C38H22N2S.2C34H20N2S/c1-2-10-27-26(9-1)25(24-16-17-29-28-11-4-6-14-34(28)41-35(29)22-24)19-20-30(27)36-31-12-3-5-13-33(31)40-38-32(36)18-15-23-8-7-21-39-37(23)38;2*1-3-9-29-27(8-1)32(28-18-15-23-6-5-19-35-33(23)34(28)36-29)22-13-11-21(12-14-22)24-16-17-26-25-7-2-4-10-30(25)37-31(26)20-24/h1-22H;2*1-20H. The first-order valence-corrected chi connectivity index (χ1v) is 41.1. The molecule has 0 aliphatic rings. The van der Waals surface area contributed by atoms with Crippen LogP contribution in [0.2, 0.25) is 0 Å². The molecule has 0 radical (unpaired) electrons.